The lowest BCUT2D eigenvalue weighted by Gasteiger charge is -2.31. The Hall–Kier alpha value is -19.5. The van der Waals surface area contributed by atoms with Crippen LogP contribution in [0.3, 0.4) is 0 Å². The van der Waals surface area contributed by atoms with Crippen molar-refractivity contribution in [3.05, 3.63) is 492 Å². The van der Waals surface area contributed by atoms with Crippen LogP contribution in [0.15, 0.2) is 480 Å². The minimum Gasteiger partial charge on any atom is -0.309 e. The molecule has 14 heterocycles. The van der Waals surface area contributed by atoms with E-state index in [1.807, 2.05) is 135 Å². The third-order valence-electron chi connectivity index (χ3n) is 29.7. The van der Waals surface area contributed by atoms with Gasteiger partial charge in [0.2, 0.25) is 0 Å². The number of benzene rings is 16. The van der Waals surface area contributed by atoms with E-state index in [1.54, 1.807) is 0 Å². The summed E-state index contributed by atoms with van der Waals surface area (Å²) in [7, 11) is 0. The molecule has 150 heavy (non-hydrogen) atoms. The number of aromatic nitrogens is 15. The van der Waals surface area contributed by atoms with Gasteiger partial charge in [-0.2, -0.15) is 0 Å². The molecule has 0 N–H and O–H groups in total. The number of nitrogens with zero attached hydrogens (tertiary/aromatic N) is 16. The van der Waals surface area contributed by atoms with E-state index in [0.29, 0.717) is 0 Å². The van der Waals surface area contributed by atoms with Crippen LogP contribution in [-0.2, 0) is 5.41 Å². The van der Waals surface area contributed by atoms with Crippen molar-refractivity contribution in [3.8, 4) is 94.7 Å². The Morgan fingerprint density at radius 3 is 1.14 bits per heavy atom. The van der Waals surface area contributed by atoms with Crippen molar-refractivity contribution in [2.45, 2.75) is 38.0 Å². The Labute approximate surface area is 865 Å². The minimum absolute atomic E-state index is 0.0966. The van der Waals surface area contributed by atoms with Gasteiger partial charge in [-0.3, -0.25) is 53.6 Å². The van der Waals surface area contributed by atoms with Crippen molar-refractivity contribution in [2.75, 3.05) is 0 Å². The summed E-state index contributed by atoms with van der Waals surface area (Å²) in [6, 6.07) is 133. The number of pyridine rings is 7. The fourth-order valence-corrected chi connectivity index (χ4v) is 24.3. The first-order valence-corrected chi connectivity index (χ1v) is 51.3. The monoisotopic (exact) mass is 1940 g/mol. The van der Waals surface area contributed by atoms with Crippen LogP contribution in [0.25, 0.3) is 247 Å². The third kappa shape index (κ3) is 14.7. The van der Waals surface area contributed by atoms with Crippen LogP contribution in [0, 0.1) is 0 Å². The van der Waals surface area contributed by atoms with Gasteiger partial charge >= 0.3 is 0 Å². The number of rotatable bonds is 10. The van der Waals surface area contributed by atoms with E-state index < -0.39 is 0 Å². The van der Waals surface area contributed by atoms with Crippen molar-refractivity contribution in [1.82, 2.24) is 72.7 Å². The predicted octanol–water partition coefficient (Wildman–Crippen LogP) is 32.9. The van der Waals surface area contributed by atoms with Gasteiger partial charge in [-0.15, -0.1) is 11.3 Å². The van der Waals surface area contributed by atoms with Crippen LogP contribution in [0.2, 0.25) is 0 Å². The van der Waals surface area contributed by atoms with Crippen molar-refractivity contribution < 1.29 is 0 Å². The maximum atomic E-state index is 5.26. The number of hydrogen-bond acceptors (Lipinski definition) is 12. The first-order valence-electron chi connectivity index (χ1n) is 50.5. The molecular formula is C133H90N16S. The van der Waals surface area contributed by atoms with Gasteiger partial charge in [-0.25, -0.2) is 15.0 Å². The molecule has 1 aliphatic carbocycles. The van der Waals surface area contributed by atoms with E-state index in [-0.39, 0.29) is 17.3 Å². The highest BCUT2D eigenvalue weighted by molar-refractivity contribution is 7.21. The average molecular weight is 1940 g/mol. The molecule has 0 radical (unpaired) electrons. The maximum Gasteiger partial charge on any atom is 0.145 e. The minimum atomic E-state index is 0.0966. The molecule has 16 aromatic carbocycles. The predicted molar refractivity (Wildman–Crippen MR) is 618 cm³/mol. The number of fused-ring (bicyclic) bond motifs is 31. The number of imidazole rings is 3. The summed E-state index contributed by atoms with van der Waals surface area (Å²) in [5, 5.41) is 23.2. The second-order valence-electron chi connectivity index (χ2n) is 39.2. The van der Waals surface area contributed by atoms with Gasteiger partial charge in [0.15, 0.2) is 0 Å². The Kier molecular flexibility index (Phi) is 21.4. The fraction of sp³-hybridized carbons (Fsp3) is 0.0451. The highest BCUT2D eigenvalue weighted by Crippen LogP contribution is 2.55. The molecule has 13 aromatic heterocycles. The number of aliphatic imine (C=N–C) groups is 1. The molecule has 16 nitrogen and oxygen atoms in total. The van der Waals surface area contributed by atoms with E-state index in [0.717, 1.165) is 150 Å². The SMILES string of the molecule is C1=CC2c3c(nc(-c4ccccc4)n3-c3ccccc3)-c3ccncc3C2C=N1.CC(C)(C)c1ccc(-n2c(-c3ccccc3)nc3c4ccncc4c4cnccc4c32)cc1.c1ccc(-c2nc3c4ccncc4c4cnccc4c3n2-c2cccc3ccccc23)cc1.c1ccc(-n2c3ccccc3c3cc(-c4sc(-c5ccc6c(c5)c5ccccc5n6-c5ccccc5)c5c6ccncc6c6cnccc6c45)ccc32)cc1. The van der Waals surface area contributed by atoms with Gasteiger partial charge in [0.1, 0.15) is 17.5 Å². The van der Waals surface area contributed by atoms with E-state index in [9.17, 15) is 0 Å². The molecule has 2 atom stereocenters. The summed E-state index contributed by atoms with van der Waals surface area (Å²) >= 11 is 1.89. The first kappa shape index (κ1) is 88.2. The number of allylic oxidation sites excluding steroid dienone is 1. The van der Waals surface area contributed by atoms with Crippen LogP contribution in [0.5, 0.6) is 0 Å². The standard InChI is InChI=1S/C50H30N4S.C29H18N4.C29H24N4.C25H18N4/c1-3-11-33(12-4-1)53-43-17-9-7-15-35(43)39-27-31(19-21-45(39)53)49-47-37-23-25-51-29-41(37)42-30-52-26-24-38(42)48(47)50(55-49)32-20-22-46-40(28-32)36-16-8-10-18-44(36)54(46)34-13-5-2-6-14-34;1-2-8-20(9-3-1)29-32-27-22-13-15-30-17-24(22)25-18-31-16-14-23(25)28(27)33(29)26-12-6-10-19-7-4-5-11-21(19)26;1-29(2,3)20-9-11-21(12-10-20)33-27-23-14-16-31-18-25(23)24-17-30-15-13-22(24)26(27)32-28(33)19-7-5-4-6-8-19;1-3-7-17(8-4-1)25-28-23-19-11-13-26-15-21(19)22-16-27-14-12-20(22)24(23)29(25)18-9-5-2-6-10-18/h1-30H;1-18H;4-18H,1-3H3;1-16,20,22H. The molecular weight excluding hydrogens is 1850 g/mol. The normalized spacial score (nSPS) is 13.2. The number of thiophene rings is 1. The largest absolute Gasteiger partial charge is 0.309 e. The highest BCUT2D eigenvalue weighted by Gasteiger charge is 2.39. The molecule has 708 valence electrons. The Morgan fingerprint density at radius 2 is 0.647 bits per heavy atom. The van der Waals surface area contributed by atoms with Crippen LogP contribution in [0.1, 0.15) is 49.4 Å². The topological polar surface area (TPSA) is 166 Å². The van der Waals surface area contributed by atoms with Gasteiger partial charge < -0.3 is 9.13 Å². The Balaban J connectivity index is 0.0000000997. The molecule has 0 fully saturated rings. The molecule has 2 unspecified atom stereocenters. The summed E-state index contributed by atoms with van der Waals surface area (Å²) in [5.41, 5.74) is 26.2. The first-order chi connectivity index (χ1) is 74.2. The zero-order valence-corrected chi connectivity index (χ0v) is 82.6. The fourth-order valence-electron chi connectivity index (χ4n) is 23.0. The molecule has 31 rings (SSSR count). The lowest BCUT2D eigenvalue weighted by Crippen LogP contribution is -2.21. The zero-order valence-electron chi connectivity index (χ0n) is 81.8. The van der Waals surface area contributed by atoms with E-state index in [2.05, 4.69) is 441 Å². The summed E-state index contributed by atoms with van der Waals surface area (Å²) in [6.07, 6.45) is 32.9. The van der Waals surface area contributed by atoms with Gasteiger partial charge in [0.05, 0.1) is 61.2 Å². The summed E-state index contributed by atoms with van der Waals surface area (Å²) < 4.78 is 11.7. The van der Waals surface area contributed by atoms with Crippen molar-refractivity contribution in [1.29, 1.82) is 0 Å². The molecule has 0 saturated carbocycles. The van der Waals surface area contributed by atoms with E-state index in [4.69, 9.17) is 15.0 Å². The second-order valence-corrected chi connectivity index (χ2v) is 40.2. The second kappa shape index (κ2) is 36.4. The summed E-state index contributed by atoms with van der Waals surface area (Å²) in [4.78, 5) is 53.8. The van der Waals surface area contributed by atoms with Gasteiger partial charge in [0.25, 0.3) is 0 Å². The zero-order chi connectivity index (χ0) is 99.6. The average Bonchev–Trinajstić information content (AvgIpc) is 1.57. The lowest BCUT2D eigenvalue weighted by atomic mass is 9.76. The van der Waals surface area contributed by atoms with Crippen molar-refractivity contribution in [2.24, 2.45) is 4.99 Å². The van der Waals surface area contributed by atoms with E-state index >= 15 is 0 Å². The summed E-state index contributed by atoms with van der Waals surface area (Å²) in [5.74, 6) is 3.14. The van der Waals surface area contributed by atoms with Gasteiger partial charge in [0, 0.05) is 257 Å². The van der Waals surface area contributed by atoms with E-state index in [1.165, 1.54) is 114 Å². The van der Waals surface area contributed by atoms with Crippen LogP contribution < -0.4 is 0 Å². The smallest absolute Gasteiger partial charge is 0.145 e. The molecule has 0 amide bonds. The van der Waals surface area contributed by atoms with Crippen LogP contribution in [0.4, 0.5) is 0 Å². The molecule has 1 aliphatic heterocycles. The Bertz CT molecular complexity index is 10200. The molecule has 17 heteroatoms. The maximum absolute atomic E-state index is 5.26. The molecule has 2 aliphatic rings. The molecule has 0 spiro atoms. The number of hydrogen-bond donors (Lipinski definition) is 0. The van der Waals surface area contributed by atoms with Gasteiger partial charge in [-0.05, 0) is 177 Å². The number of para-hydroxylation sites is 5. The van der Waals surface area contributed by atoms with Crippen LogP contribution in [-0.4, -0.2) is 78.9 Å². The molecule has 0 bridgehead atoms. The third-order valence-corrected chi connectivity index (χ3v) is 31.0. The van der Waals surface area contributed by atoms with Gasteiger partial charge in [-0.1, -0.05) is 270 Å². The quantitative estimate of drug-likeness (QED) is 0.120. The van der Waals surface area contributed by atoms with Crippen LogP contribution >= 0.6 is 11.3 Å². The lowest BCUT2D eigenvalue weighted by molar-refractivity contribution is 0.590. The molecule has 0 saturated heterocycles. The highest BCUT2D eigenvalue weighted by atomic mass is 32.1. The van der Waals surface area contributed by atoms with Crippen molar-refractivity contribution in [3.63, 3.8) is 0 Å². The summed E-state index contributed by atoms with van der Waals surface area (Å²) in [6.45, 7) is 6.72. The van der Waals surface area contributed by atoms with Crippen molar-refractivity contribution >= 4 is 169 Å². The molecule has 29 aromatic rings. The Morgan fingerprint density at radius 1 is 0.267 bits per heavy atom.